The van der Waals surface area contributed by atoms with E-state index in [0.717, 1.165) is 43.1 Å². The summed E-state index contributed by atoms with van der Waals surface area (Å²) in [5, 5.41) is 11.4. The molecular formula is C24H22F2N6O2. The Morgan fingerprint density at radius 2 is 1.79 bits per heavy atom. The summed E-state index contributed by atoms with van der Waals surface area (Å²) in [6, 6.07) is 5.26. The number of hydrogen-bond donors (Lipinski definition) is 0. The van der Waals surface area contributed by atoms with Crippen LogP contribution in [0.1, 0.15) is 35.6 Å². The number of rotatable bonds is 5. The van der Waals surface area contributed by atoms with Gasteiger partial charge < -0.3 is 9.47 Å². The Balaban J connectivity index is 1.30. The first-order valence-corrected chi connectivity index (χ1v) is 11.0. The van der Waals surface area contributed by atoms with E-state index >= 15 is 0 Å². The number of anilines is 1. The first-order chi connectivity index (χ1) is 16.4. The molecule has 1 saturated heterocycles. The van der Waals surface area contributed by atoms with Crippen molar-refractivity contribution in [3.63, 3.8) is 0 Å². The van der Waals surface area contributed by atoms with Crippen LogP contribution in [0.15, 0.2) is 49.1 Å². The van der Waals surface area contributed by atoms with Crippen molar-refractivity contribution in [1.82, 2.24) is 19.5 Å². The smallest absolute Gasteiger partial charge is 0.273 e. The Hall–Kier alpha value is -3.95. The number of aryl methyl sites for hydroxylation is 1. The Morgan fingerprint density at radius 1 is 1.06 bits per heavy atom. The average Bonchev–Trinajstić information content (AvgIpc) is 3.24. The van der Waals surface area contributed by atoms with Crippen LogP contribution in [0.2, 0.25) is 0 Å². The zero-order chi connectivity index (χ0) is 23.8. The predicted molar refractivity (Wildman–Crippen MR) is 123 cm³/mol. The summed E-state index contributed by atoms with van der Waals surface area (Å²) in [6.07, 6.45) is 8.54. The lowest BCUT2D eigenvalue weighted by Crippen LogP contribution is -2.34. The Bertz CT molecular complexity index is 1360. The lowest BCUT2D eigenvalue weighted by Gasteiger charge is -2.32. The van der Waals surface area contributed by atoms with Crippen molar-refractivity contribution in [2.45, 2.75) is 32.2 Å². The molecule has 4 heterocycles. The molecule has 0 saturated carbocycles. The summed E-state index contributed by atoms with van der Waals surface area (Å²) in [6.45, 7) is 3.52. The molecule has 5 rings (SSSR count). The number of pyridine rings is 1. The summed E-state index contributed by atoms with van der Waals surface area (Å²) in [4.78, 5) is 25.6. The van der Waals surface area contributed by atoms with Crippen molar-refractivity contribution >= 4 is 22.5 Å². The highest BCUT2D eigenvalue weighted by Crippen LogP contribution is 2.30. The van der Waals surface area contributed by atoms with Gasteiger partial charge in [-0.05, 0) is 48.9 Å². The van der Waals surface area contributed by atoms with Gasteiger partial charge in [0.2, 0.25) is 5.95 Å². The normalized spacial score (nSPS) is 14.6. The molecule has 4 aromatic rings. The molecule has 0 amide bonds. The van der Waals surface area contributed by atoms with Crippen molar-refractivity contribution in [3.05, 3.63) is 87.6 Å². The number of aromatic nitrogens is 4. The van der Waals surface area contributed by atoms with E-state index in [9.17, 15) is 18.9 Å². The molecule has 1 aliphatic heterocycles. The summed E-state index contributed by atoms with van der Waals surface area (Å²) in [5.74, 6) is -0.287. The Kier molecular flexibility index (Phi) is 5.64. The fraction of sp³-hybridized carbons (Fsp3) is 0.292. The first-order valence-electron chi connectivity index (χ1n) is 11.0. The molecule has 8 nitrogen and oxygen atoms in total. The summed E-state index contributed by atoms with van der Waals surface area (Å²) >= 11 is 0. The molecule has 0 unspecified atom stereocenters. The number of fused-ring (bicyclic) bond motifs is 1. The molecule has 1 aromatic carbocycles. The molecule has 0 spiro atoms. The van der Waals surface area contributed by atoms with Crippen molar-refractivity contribution in [2.75, 3.05) is 18.0 Å². The van der Waals surface area contributed by atoms with E-state index in [1.807, 2.05) is 6.92 Å². The van der Waals surface area contributed by atoms with Gasteiger partial charge in [0.05, 0.1) is 28.7 Å². The topological polar surface area (TPSA) is 90.0 Å². The quantitative estimate of drug-likeness (QED) is 0.313. The molecule has 1 fully saturated rings. The highest BCUT2D eigenvalue weighted by Gasteiger charge is 2.23. The van der Waals surface area contributed by atoms with Gasteiger partial charge in [-0.2, -0.15) is 0 Å². The van der Waals surface area contributed by atoms with Gasteiger partial charge in [-0.1, -0.05) is 0 Å². The third-order valence-electron chi connectivity index (χ3n) is 6.28. The van der Waals surface area contributed by atoms with E-state index in [1.165, 1.54) is 16.7 Å². The van der Waals surface area contributed by atoms with E-state index in [4.69, 9.17) is 0 Å². The van der Waals surface area contributed by atoms with Crippen LogP contribution < -0.4 is 4.90 Å². The van der Waals surface area contributed by atoms with E-state index in [-0.39, 0.29) is 29.4 Å². The van der Waals surface area contributed by atoms with Gasteiger partial charge in [-0.15, -0.1) is 0 Å². The van der Waals surface area contributed by atoms with Crippen LogP contribution in [0.3, 0.4) is 0 Å². The first kappa shape index (κ1) is 21.9. The largest absolute Gasteiger partial charge is 0.341 e. The molecule has 0 aliphatic carbocycles. The summed E-state index contributed by atoms with van der Waals surface area (Å²) in [5.41, 5.74) is 1.89. The van der Waals surface area contributed by atoms with Crippen molar-refractivity contribution < 1.29 is 13.7 Å². The van der Waals surface area contributed by atoms with Crippen LogP contribution in [-0.4, -0.2) is 37.5 Å². The third kappa shape index (κ3) is 4.18. The standard InChI is InChI=1S/C24H22F2N6O2/c1-15-11-28-24(29-12-15)30-5-2-16(3-6-30)18-9-20(25)22(27-13-18)14-31-7-4-17-8-19(32(33)34)10-21(26)23(17)31/h4,7-13,16H,2-3,5-6,14H2,1H3. The van der Waals surface area contributed by atoms with Crippen LogP contribution in [0.25, 0.3) is 10.9 Å². The van der Waals surface area contributed by atoms with Gasteiger partial charge in [-0.25, -0.2) is 18.7 Å². The van der Waals surface area contributed by atoms with Crippen LogP contribution in [0.4, 0.5) is 20.4 Å². The highest BCUT2D eigenvalue weighted by atomic mass is 19.1. The van der Waals surface area contributed by atoms with Gasteiger partial charge in [0, 0.05) is 49.3 Å². The second-order valence-corrected chi connectivity index (χ2v) is 8.59. The number of benzene rings is 1. The molecule has 0 N–H and O–H groups in total. The molecular weight excluding hydrogens is 442 g/mol. The fourth-order valence-corrected chi connectivity index (χ4v) is 4.46. The second-order valence-electron chi connectivity index (χ2n) is 8.59. The summed E-state index contributed by atoms with van der Waals surface area (Å²) in [7, 11) is 0. The molecule has 1 aliphatic rings. The average molecular weight is 464 g/mol. The van der Waals surface area contributed by atoms with E-state index in [2.05, 4.69) is 19.9 Å². The van der Waals surface area contributed by atoms with Crippen molar-refractivity contribution in [1.29, 1.82) is 0 Å². The zero-order valence-electron chi connectivity index (χ0n) is 18.5. The predicted octanol–water partition coefficient (Wildman–Crippen LogP) is 4.75. The molecule has 174 valence electrons. The summed E-state index contributed by atoms with van der Waals surface area (Å²) < 4.78 is 31.0. The minimum atomic E-state index is -0.726. The number of piperidine rings is 1. The van der Waals surface area contributed by atoms with E-state index < -0.39 is 16.6 Å². The number of halogens is 2. The second kappa shape index (κ2) is 8.77. The van der Waals surface area contributed by atoms with E-state index in [0.29, 0.717) is 11.3 Å². The van der Waals surface area contributed by atoms with Crippen LogP contribution in [-0.2, 0) is 6.54 Å². The molecule has 10 heteroatoms. The SMILES string of the molecule is Cc1cnc(N2CCC(c3cnc(Cn4ccc5cc([N+](=O)[O-])cc(F)c54)c(F)c3)CC2)nc1. The lowest BCUT2D eigenvalue weighted by atomic mass is 9.90. The number of non-ortho nitro benzene ring substituents is 1. The van der Waals surface area contributed by atoms with Gasteiger partial charge in [0.25, 0.3) is 5.69 Å². The molecule has 0 radical (unpaired) electrons. The maximum atomic E-state index is 15.0. The fourth-order valence-electron chi connectivity index (χ4n) is 4.46. The van der Waals surface area contributed by atoms with Crippen LogP contribution >= 0.6 is 0 Å². The van der Waals surface area contributed by atoms with Crippen LogP contribution in [0, 0.1) is 28.7 Å². The van der Waals surface area contributed by atoms with Gasteiger partial charge in [0.1, 0.15) is 5.82 Å². The number of nitro benzene ring substituents is 1. The van der Waals surface area contributed by atoms with Crippen molar-refractivity contribution in [3.8, 4) is 0 Å². The van der Waals surface area contributed by atoms with Crippen molar-refractivity contribution in [2.24, 2.45) is 0 Å². The highest BCUT2D eigenvalue weighted by molar-refractivity contribution is 5.83. The molecule has 34 heavy (non-hydrogen) atoms. The molecule has 0 atom stereocenters. The van der Waals surface area contributed by atoms with Gasteiger partial charge in [-0.3, -0.25) is 15.1 Å². The third-order valence-corrected chi connectivity index (χ3v) is 6.28. The number of nitro groups is 1. The molecule has 3 aromatic heterocycles. The maximum Gasteiger partial charge on any atom is 0.273 e. The van der Waals surface area contributed by atoms with Gasteiger partial charge >= 0.3 is 0 Å². The minimum absolute atomic E-state index is 0.0214. The maximum absolute atomic E-state index is 15.0. The minimum Gasteiger partial charge on any atom is -0.341 e. The molecule has 0 bridgehead atoms. The number of nitrogens with zero attached hydrogens (tertiary/aromatic N) is 6. The Morgan fingerprint density at radius 3 is 2.47 bits per heavy atom. The number of hydrogen-bond acceptors (Lipinski definition) is 6. The van der Waals surface area contributed by atoms with Crippen LogP contribution in [0.5, 0.6) is 0 Å². The van der Waals surface area contributed by atoms with E-state index in [1.54, 1.807) is 30.9 Å². The zero-order valence-corrected chi connectivity index (χ0v) is 18.5. The van der Waals surface area contributed by atoms with Gasteiger partial charge in [0.15, 0.2) is 5.82 Å². The monoisotopic (exact) mass is 464 g/mol. The lowest BCUT2D eigenvalue weighted by molar-refractivity contribution is -0.384. The Labute approximate surface area is 194 Å².